The number of unbranched alkanes of at least 4 members (excludes halogenated alkanes) is 12. The summed E-state index contributed by atoms with van der Waals surface area (Å²) in [5, 5.41) is 6.44. The van der Waals surface area contributed by atoms with Gasteiger partial charge in [-0.15, -0.1) is 0 Å². The van der Waals surface area contributed by atoms with Crippen LogP contribution in [0.4, 0.5) is 11.4 Å². The average molecular weight is 449 g/mol. The number of fused-ring (bicyclic) bond motifs is 1. The quantitative estimate of drug-likeness (QED) is 0.245. The molecule has 0 amide bonds. The molecular formula is C22H37KN2O3S. The molecule has 0 fully saturated rings. The van der Waals surface area contributed by atoms with E-state index >= 15 is 0 Å². The average Bonchev–Trinajstić information content (AvgIpc) is 3.07. The van der Waals surface area contributed by atoms with Crippen LogP contribution < -0.4 is 62.0 Å². The van der Waals surface area contributed by atoms with Gasteiger partial charge in [0, 0.05) is 0 Å². The van der Waals surface area contributed by atoms with E-state index in [4.69, 9.17) is 0 Å². The summed E-state index contributed by atoms with van der Waals surface area (Å²) in [6.07, 6.45) is 18.2. The molecule has 5 nitrogen and oxygen atoms in total. The van der Waals surface area contributed by atoms with Crippen LogP contribution in [0.5, 0.6) is 0 Å². The molecule has 1 aliphatic heterocycles. The van der Waals surface area contributed by atoms with E-state index in [1.54, 1.807) is 12.1 Å². The van der Waals surface area contributed by atoms with Crippen LogP contribution in [0.2, 0.25) is 0 Å². The van der Waals surface area contributed by atoms with Gasteiger partial charge in [0.15, 0.2) is 0 Å². The zero-order valence-electron chi connectivity index (χ0n) is 18.3. The Bertz CT molecular complexity index is 683. The van der Waals surface area contributed by atoms with Gasteiger partial charge < -0.3 is 15.2 Å². The minimum absolute atomic E-state index is 0. The van der Waals surface area contributed by atoms with Crippen molar-refractivity contribution >= 4 is 21.5 Å². The van der Waals surface area contributed by atoms with Crippen molar-refractivity contribution in [2.75, 3.05) is 10.6 Å². The van der Waals surface area contributed by atoms with Crippen LogP contribution in [0.25, 0.3) is 0 Å². The van der Waals surface area contributed by atoms with Gasteiger partial charge in [-0.3, -0.25) is 0 Å². The third-order valence-corrected chi connectivity index (χ3v) is 6.42. The predicted octanol–water partition coefficient (Wildman–Crippen LogP) is 3.24. The first-order chi connectivity index (χ1) is 13.5. The zero-order valence-corrected chi connectivity index (χ0v) is 22.3. The second kappa shape index (κ2) is 15.2. The van der Waals surface area contributed by atoms with E-state index in [0.29, 0.717) is 11.4 Å². The Hall–Kier alpha value is 0.366. The standard InChI is InChI=1S/C22H38N2O3S.K/c1-2-3-4-5-6-7-8-9-10-11-12-13-14-18-21-23-19-16-15-17-20(22(19)24-21)28(25,26)27;/h15-17,21,23-24H,2-14,18H2,1H3,(H,25,26,27);/q;+1/p-1. The van der Waals surface area contributed by atoms with E-state index in [2.05, 4.69) is 17.6 Å². The molecule has 0 saturated heterocycles. The third-order valence-electron chi connectivity index (χ3n) is 5.54. The maximum absolute atomic E-state index is 11.4. The molecule has 2 rings (SSSR count). The Kier molecular flexibility index (Phi) is 14.4. The molecular weight excluding hydrogens is 411 g/mol. The molecule has 1 atom stereocenters. The maximum atomic E-state index is 11.4. The van der Waals surface area contributed by atoms with E-state index in [-0.39, 0.29) is 62.4 Å². The Morgan fingerprint density at radius 1 is 0.828 bits per heavy atom. The Labute approximate surface area is 220 Å². The topological polar surface area (TPSA) is 81.3 Å². The number of hydrogen-bond donors (Lipinski definition) is 2. The summed E-state index contributed by atoms with van der Waals surface area (Å²) in [6, 6.07) is 4.77. The molecule has 1 aromatic rings. The number of para-hydroxylation sites is 1. The third kappa shape index (κ3) is 10.5. The first-order valence-electron chi connectivity index (χ1n) is 11.1. The van der Waals surface area contributed by atoms with Crippen molar-refractivity contribution in [3.05, 3.63) is 18.2 Å². The molecule has 7 heteroatoms. The largest absolute Gasteiger partial charge is 1.00 e. The number of hydrogen-bond acceptors (Lipinski definition) is 5. The minimum Gasteiger partial charge on any atom is -0.744 e. The summed E-state index contributed by atoms with van der Waals surface area (Å²) in [4.78, 5) is -0.162. The van der Waals surface area contributed by atoms with E-state index in [1.165, 1.54) is 83.1 Å². The van der Waals surface area contributed by atoms with Crippen LogP contribution >= 0.6 is 0 Å². The Morgan fingerprint density at radius 3 is 1.86 bits per heavy atom. The van der Waals surface area contributed by atoms with Crippen molar-refractivity contribution in [2.24, 2.45) is 0 Å². The molecule has 0 saturated carbocycles. The van der Waals surface area contributed by atoms with Crippen molar-refractivity contribution in [2.45, 2.75) is 108 Å². The molecule has 0 spiro atoms. The van der Waals surface area contributed by atoms with Crippen LogP contribution in [0, 0.1) is 0 Å². The fraction of sp³-hybridized carbons (Fsp3) is 0.727. The minimum atomic E-state index is -4.45. The van der Waals surface area contributed by atoms with Crippen molar-refractivity contribution < 1.29 is 64.4 Å². The smallest absolute Gasteiger partial charge is 0.744 e. The number of anilines is 2. The van der Waals surface area contributed by atoms with Crippen LogP contribution in [0.3, 0.4) is 0 Å². The molecule has 1 unspecified atom stereocenters. The summed E-state index contributed by atoms with van der Waals surface area (Å²) >= 11 is 0. The first kappa shape index (κ1) is 27.4. The number of nitrogens with one attached hydrogen (secondary N) is 2. The molecule has 29 heavy (non-hydrogen) atoms. The Balaban J connectivity index is 0.00000420. The van der Waals surface area contributed by atoms with Gasteiger partial charge in [-0.2, -0.15) is 0 Å². The molecule has 1 heterocycles. The predicted molar refractivity (Wildman–Crippen MR) is 116 cm³/mol. The normalized spacial score (nSPS) is 15.3. The second-order valence-corrected chi connectivity index (χ2v) is 9.35. The number of benzene rings is 1. The van der Waals surface area contributed by atoms with E-state index in [9.17, 15) is 13.0 Å². The summed E-state index contributed by atoms with van der Waals surface area (Å²) in [5.41, 5.74) is 1.13. The van der Waals surface area contributed by atoms with E-state index in [1.807, 2.05) is 0 Å². The zero-order chi connectivity index (χ0) is 20.2. The Morgan fingerprint density at radius 2 is 1.34 bits per heavy atom. The van der Waals surface area contributed by atoms with Gasteiger partial charge in [-0.1, -0.05) is 90.0 Å². The molecule has 2 N–H and O–H groups in total. The fourth-order valence-corrected chi connectivity index (χ4v) is 4.58. The van der Waals surface area contributed by atoms with Crippen LogP contribution in [0.1, 0.15) is 96.8 Å². The van der Waals surface area contributed by atoms with Gasteiger partial charge in [0.25, 0.3) is 0 Å². The van der Waals surface area contributed by atoms with Gasteiger partial charge >= 0.3 is 51.4 Å². The molecule has 0 radical (unpaired) electrons. The summed E-state index contributed by atoms with van der Waals surface area (Å²) < 4.78 is 34.1. The second-order valence-electron chi connectivity index (χ2n) is 8.01. The van der Waals surface area contributed by atoms with Crippen LogP contribution in [0.15, 0.2) is 23.1 Å². The monoisotopic (exact) mass is 448 g/mol. The summed E-state index contributed by atoms with van der Waals surface area (Å²) in [7, 11) is -4.45. The molecule has 1 aromatic carbocycles. The fourth-order valence-electron chi connectivity index (χ4n) is 3.92. The van der Waals surface area contributed by atoms with Gasteiger partial charge in [0.05, 0.1) is 22.4 Å². The van der Waals surface area contributed by atoms with Crippen molar-refractivity contribution in [1.29, 1.82) is 0 Å². The van der Waals surface area contributed by atoms with Gasteiger partial charge in [-0.05, 0) is 25.0 Å². The van der Waals surface area contributed by atoms with Crippen molar-refractivity contribution in [1.82, 2.24) is 0 Å². The van der Waals surface area contributed by atoms with Gasteiger partial charge in [0.1, 0.15) is 10.1 Å². The molecule has 0 aliphatic carbocycles. The van der Waals surface area contributed by atoms with Crippen molar-refractivity contribution in [3.63, 3.8) is 0 Å². The molecule has 160 valence electrons. The van der Waals surface area contributed by atoms with E-state index < -0.39 is 10.1 Å². The van der Waals surface area contributed by atoms with Crippen LogP contribution in [-0.2, 0) is 10.1 Å². The van der Waals surface area contributed by atoms with Gasteiger partial charge in [-0.25, -0.2) is 8.42 Å². The molecule has 0 bridgehead atoms. The summed E-state index contributed by atoms with van der Waals surface area (Å²) in [6.45, 7) is 2.26. The maximum Gasteiger partial charge on any atom is 1.00 e. The summed E-state index contributed by atoms with van der Waals surface area (Å²) in [5.74, 6) is 0. The molecule has 0 aromatic heterocycles. The van der Waals surface area contributed by atoms with Gasteiger partial charge in [0.2, 0.25) is 0 Å². The first-order valence-corrected chi connectivity index (χ1v) is 12.5. The SMILES string of the molecule is CCCCCCCCCCCCCCCC1Nc2cccc(S(=O)(=O)[O-])c2N1.[K+]. The van der Waals surface area contributed by atoms with Crippen molar-refractivity contribution in [3.8, 4) is 0 Å². The van der Waals surface area contributed by atoms with E-state index in [0.717, 1.165) is 12.8 Å². The molecule has 1 aliphatic rings. The number of rotatable bonds is 15. The van der Waals surface area contributed by atoms with Crippen LogP contribution in [-0.4, -0.2) is 19.1 Å².